The molecule has 2 saturated heterocycles. The summed E-state index contributed by atoms with van der Waals surface area (Å²) in [6.07, 6.45) is 2.84. The highest BCUT2D eigenvalue weighted by atomic mass is 16.6. The third-order valence-corrected chi connectivity index (χ3v) is 6.64. The summed E-state index contributed by atoms with van der Waals surface area (Å²) in [6.45, 7) is 3.97. The smallest absolute Gasteiger partial charge is 0.136 e. The molecule has 1 N–H and O–H groups in total. The van der Waals surface area contributed by atoms with Gasteiger partial charge < -0.3 is 9.47 Å². The fraction of sp³-hybridized carbons (Fsp3) is 0.357. The Morgan fingerprint density at radius 1 is 0.812 bits per heavy atom. The number of piperidine rings is 1. The lowest BCUT2D eigenvalue weighted by Gasteiger charge is -2.31. The number of hydrogen-bond acceptors (Lipinski definition) is 4. The first-order valence-electron chi connectivity index (χ1n) is 11.8. The average molecular weight is 429 g/mol. The predicted octanol–water partition coefficient (Wildman–Crippen LogP) is 4.88. The van der Waals surface area contributed by atoms with Crippen LogP contribution in [0.2, 0.25) is 0 Å². The van der Waals surface area contributed by atoms with Gasteiger partial charge >= 0.3 is 0 Å². The first kappa shape index (κ1) is 21.2. The van der Waals surface area contributed by atoms with Gasteiger partial charge in [0.25, 0.3) is 0 Å². The second kappa shape index (κ2) is 10.3. The lowest BCUT2D eigenvalue weighted by atomic mass is 9.92. The van der Waals surface area contributed by atoms with Crippen LogP contribution in [0.4, 0.5) is 0 Å². The maximum atomic E-state index is 6.15. The zero-order valence-corrected chi connectivity index (χ0v) is 18.5. The monoisotopic (exact) mass is 428 g/mol. The molecule has 5 rings (SSSR count). The topological polar surface area (TPSA) is 37.0 Å². The van der Waals surface area contributed by atoms with E-state index in [0.29, 0.717) is 12.0 Å². The van der Waals surface area contributed by atoms with Crippen molar-refractivity contribution in [2.75, 3.05) is 26.2 Å². The van der Waals surface area contributed by atoms with Gasteiger partial charge in [0, 0.05) is 6.54 Å². The third-order valence-electron chi connectivity index (χ3n) is 6.64. The van der Waals surface area contributed by atoms with E-state index in [1.54, 1.807) is 0 Å². The van der Waals surface area contributed by atoms with Gasteiger partial charge in [-0.05, 0) is 55.1 Å². The van der Waals surface area contributed by atoms with Crippen molar-refractivity contribution >= 4 is 0 Å². The summed E-state index contributed by atoms with van der Waals surface area (Å²) in [7, 11) is 0. The Balaban J connectivity index is 1.10. The summed E-state index contributed by atoms with van der Waals surface area (Å²) in [4.78, 5) is 2.51. The minimum absolute atomic E-state index is 0.137. The molecule has 0 radical (unpaired) electrons. The normalized spacial score (nSPS) is 21.5. The lowest BCUT2D eigenvalue weighted by molar-refractivity contribution is 0.140. The van der Waals surface area contributed by atoms with Crippen LogP contribution in [0.25, 0.3) is 0 Å². The van der Waals surface area contributed by atoms with Crippen LogP contribution in [0.5, 0.6) is 5.75 Å². The second-order valence-electron chi connectivity index (χ2n) is 8.78. The zero-order chi connectivity index (χ0) is 21.6. The number of epoxide rings is 1. The van der Waals surface area contributed by atoms with Crippen LogP contribution in [-0.4, -0.2) is 43.5 Å². The van der Waals surface area contributed by atoms with Gasteiger partial charge in [0.05, 0.1) is 6.04 Å². The maximum absolute atomic E-state index is 6.15. The molecule has 3 aromatic rings. The molecule has 2 aliphatic heterocycles. The van der Waals surface area contributed by atoms with Crippen LogP contribution in [0.15, 0.2) is 91.0 Å². The van der Waals surface area contributed by atoms with Crippen LogP contribution in [0.3, 0.4) is 0 Å². The molecule has 2 fully saturated rings. The molecule has 4 nitrogen and oxygen atoms in total. The summed E-state index contributed by atoms with van der Waals surface area (Å²) in [6, 6.07) is 31.6. The number of nitrogens with one attached hydrogen (secondary N) is 1. The molecule has 0 aromatic heterocycles. The summed E-state index contributed by atoms with van der Waals surface area (Å²) in [5.74, 6) is 1.58. The van der Waals surface area contributed by atoms with E-state index in [-0.39, 0.29) is 12.3 Å². The van der Waals surface area contributed by atoms with Crippen molar-refractivity contribution in [3.05, 3.63) is 102 Å². The Hall–Kier alpha value is -2.66. The van der Waals surface area contributed by atoms with Gasteiger partial charge in [-0.25, -0.2) is 0 Å². The largest absolute Gasteiger partial charge is 0.492 e. The van der Waals surface area contributed by atoms with E-state index in [1.165, 1.54) is 24.0 Å². The Morgan fingerprint density at radius 3 is 1.97 bits per heavy atom. The molecule has 3 aromatic carbocycles. The number of nitrogens with zero attached hydrogens (tertiary/aromatic N) is 1. The van der Waals surface area contributed by atoms with Crippen molar-refractivity contribution in [1.82, 2.24) is 10.2 Å². The molecular weight excluding hydrogens is 396 g/mol. The summed E-state index contributed by atoms with van der Waals surface area (Å²) < 4.78 is 12.0. The van der Waals surface area contributed by atoms with Crippen LogP contribution in [-0.2, 0) is 4.74 Å². The van der Waals surface area contributed by atoms with Gasteiger partial charge in [-0.1, -0.05) is 78.9 Å². The van der Waals surface area contributed by atoms with Gasteiger partial charge in [0.2, 0.25) is 0 Å². The molecule has 2 aliphatic rings. The van der Waals surface area contributed by atoms with Gasteiger partial charge in [0.1, 0.15) is 24.7 Å². The SMILES string of the molecule is c1ccc(OCCN2CCC(C3OC3NC(c3ccccc3)c3ccccc3)CC2)cc1. The van der Waals surface area contributed by atoms with Crippen molar-refractivity contribution in [1.29, 1.82) is 0 Å². The van der Waals surface area contributed by atoms with E-state index in [0.717, 1.165) is 32.0 Å². The Labute approximate surface area is 191 Å². The highest BCUT2D eigenvalue weighted by Gasteiger charge is 2.46. The van der Waals surface area contributed by atoms with Crippen LogP contribution >= 0.6 is 0 Å². The van der Waals surface area contributed by atoms with Gasteiger partial charge in [-0.3, -0.25) is 10.2 Å². The lowest BCUT2D eigenvalue weighted by Crippen LogP contribution is -2.39. The molecule has 2 unspecified atom stereocenters. The van der Waals surface area contributed by atoms with Crippen LogP contribution in [0, 0.1) is 5.92 Å². The molecule has 32 heavy (non-hydrogen) atoms. The van der Waals surface area contributed by atoms with E-state index in [2.05, 4.69) is 70.9 Å². The van der Waals surface area contributed by atoms with Crippen LogP contribution in [0.1, 0.15) is 30.0 Å². The van der Waals surface area contributed by atoms with Gasteiger partial charge in [-0.15, -0.1) is 0 Å². The summed E-state index contributed by atoms with van der Waals surface area (Å²) >= 11 is 0. The highest BCUT2D eigenvalue weighted by molar-refractivity contribution is 5.32. The Morgan fingerprint density at radius 2 is 1.38 bits per heavy atom. The minimum Gasteiger partial charge on any atom is -0.492 e. The molecule has 4 heteroatoms. The molecular formula is C28H32N2O2. The maximum Gasteiger partial charge on any atom is 0.136 e. The molecule has 0 saturated carbocycles. The minimum atomic E-state index is 0.137. The van der Waals surface area contributed by atoms with Crippen molar-refractivity contribution in [2.45, 2.75) is 31.2 Å². The predicted molar refractivity (Wildman–Crippen MR) is 128 cm³/mol. The molecule has 0 aliphatic carbocycles. The van der Waals surface area contributed by atoms with E-state index >= 15 is 0 Å². The number of benzene rings is 3. The summed E-state index contributed by atoms with van der Waals surface area (Å²) in [5, 5.41) is 3.78. The fourth-order valence-corrected chi connectivity index (χ4v) is 4.77. The van der Waals surface area contributed by atoms with Crippen molar-refractivity contribution in [3.63, 3.8) is 0 Å². The Bertz CT molecular complexity index is 903. The fourth-order valence-electron chi connectivity index (χ4n) is 4.77. The number of likely N-dealkylation sites (tertiary alicyclic amines) is 1. The number of ether oxygens (including phenoxy) is 2. The van der Waals surface area contributed by atoms with Crippen molar-refractivity contribution in [2.24, 2.45) is 5.92 Å². The molecule has 2 atom stereocenters. The molecule has 0 amide bonds. The average Bonchev–Trinajstić information content (AvgIpc) is 3.64. The van der Waals surface area contributed by atoms with E-state index in [9.17, 15) is 0 Å². The van der Waals surface area contributed by atoms with Gasteiger partial charge in [-0.2, -0.15) is 0 Å². The van der Waals surface area contributed by atoms with Crippen molar-refractivity contribution < 1.29 is 9.47 Å². The highest BCUT2D eigenvalue weighted by Crippen LogP contribution is 2.36. The van der Waals surface area contributed by atoms with Gasteiger partial charge in [0.15, 0.2) is 0 Å². The van der Waals surface area contributed by atoms with Crippen molar-refractivity contribution in [3.8, 4) is 5.75 Å². The third kappa shape index (κ3) is 5.39. The van der Waals surface area contributed by atoms with Crippen LogP contribution < -0.4 is 10.1 Å². The molecule has 2 heterocycles. The number of para-hydroxylation sites is 1. The summed E-state index contributed by atoms with van der Waals surface area (Å²) in [5.41, 5.74) is 2.56. The van der Waals surface area contributed by atoms with E-state index < -0.39 is 0 Å². The van der Waals surface area contributed by atoms with E-state index in [1.807, 2.05) is 30.3 Å². The molecule has 0 bridgehead atoms. The Kier molecular flexibility index (Phi) is 6.83. The molecule has 0 spiro atoms. The first-order chi connectivity index (χ1) is 15.9. The molecule has 166 valence electrons. The second-order valence-corrected chi connectivity index (χ2v) is 8.78. The standard InChI is InChI=1S/C28H32N2O2/c1-4-10-22(11-5-1)26(23-12-6-2-7-13-23)29-28-27(32-28)24-16-18-30(19-17-24)20-21-31-25-14-8-3-9-15-25/h1-15,24,26-29H,16-21H2. The zero-order valence-electron chi connectivity index (χ0n) is 18.5. The quantitative estimate of drug-likeness (QED) is 0.493. The van der Waals surface area contributed by atoms with E-state index in [4.69, 9.17) is 9.47 Å². The first-order valence-corrected chi connectivity index (χ1v) is 11.8. The number of rotatable bonds is 9. The number of hydrogen-bond donors (Lipinski definition) is 1.